The average molecular weight is 299 g/mol. The molecule has 0 fully saturated rings. The molecule has 1 aromatic rings. The molecule has 1 rings (SSSR count). The predicted octanol–water partition coefficient (Wildman–Crippen LogP) is 1.90. The van der Waals surface area contributed by atoms with Gasteiger partial charge in [-0.05, 0) is 18.6 Å². The van der Waals surface area contributed by atoms with E-state index in [0.29, 0.717) is 30.5 Å². The summed E-state index contributed by atoms with van der Waals surface area (Å²) in [6.45, 7) is 0.523. The molecule has 6 nitrogen and oxygen atoms in total. The summed E-state index contributed by atoms with van der Waals surface area (Å²) in [7, 11) is 2.26. The summed E-state index contributed by atoms with van der Waals surface area (Å²) < 4.78 is 21.6. The molecule has 0 atom stereocenters. The van der Waals surface area contributed by atoms with E-state index in [0.717, 1.165) is 6.42 Å². The van der Waals surface area contributed by atoms with E-state index in [1.54, 1.807) is 33.5 Å². The fourth-order valence-electron chi connectivity index (χ4n) is 1.78. The van der Waals surface area contributed by atoms with Crippen LogP contribution >= 0.6 is 0 Å². The van der Waals surface area contributed by atoms with Crippen LogP contribution in [0.2, 0.25) is 6.04 Å². The standard InChI is InChI=1S/C13H21NO5Si/c1-16-20(17-2,18-3)9-5-8-19-13-7-4-6-12(10-13)14-11-15/h4,6-7,10-11H,5,8-9H2,1-3H3,(H,14,15). The van der Waals surface area contributed by atoms with Crippen LogP contribution in [0.1, 0.15) is 6.42 Å². The lowest BCUT2D eigenvalue weighted by molar-refractivity contribution is -0.105. The molecule has 20 heavy (non-hydrogen) atoms. The SMILES string of the molecule is CO[Si](CCCOc1cccc(NC=O)c1)(OC)OC. The molecule has 0 radical (unpaired) electrons. The van der Waals surface area contributed by atoms with Gasteiger partial charge in [0.05, 0.1) is 6.61 Å². The van der Waals surface area contributed by atoms with Gasteiger partial charge in [-0.15, -0.1) is 0 Å². The number of amides is 1. The molecule has 0 heterocycles. The van der Waals surface area contributed by atoms with Gasteiger partial charge in [0.1, 0.15) is 5.75 Å². The van der Waals surface area contributed by atoms with Crippen molar-refractivity contribution < 1.29 is 22.8 Å². The number of carbonyl (C=O) groups is 1. The summed E-state index contributed by atoms with van der Waals surface area (Å²) >= 11 is 0. The molecule has 0 aromatic heterocycles. The van der Waals surface area contributed by atoms with Crippen LogP contribution in [0, 0.1) is 0 Å². The zero-order valence-electron chi connectivity index (χ0n) is 12.0. The summed E-state index contributed by atoms with van der Waals surface area (Å²) in [5.74, 6) is 0.705. The van der Waals surface area contributed by atoms with Crippen LogP contribution in [-0.4, -0.2) is 43.2 Å². The van der Waals surface area contributed by atoms with Gasteiger partial charge in [0.2, 0.25) is 6.41 Å². The Morgan fingerprint density at radius 2 is 1.90 bits per heavy atom. The molecule has 0 bridgehead atoms. The van der Waals surface area contributed by atoms with Gasteiger partial charge < -0.3 is 23.3 Å². The second-order valence-corrected chi connectivity index (χ2v) is 7.13. The molecule has 1 amide bonds. The van der Waals surface area contributed by atoms with Crippen LogP contribution in [0.3, 0.4) is 0 Å². The third-order valence-electron chi connectivity index (χ3n) is 2.89. The maximum atomic E-state index is 10.4. The van der Waals surface area contributed by atoms with E-state index in [9.17, 15) is 4.79 Å². The van der Waals surface area contributed by atoms with Crippen molar-refractivity contribution in [2.45, 2.75) is 12.5 Å². The molecule has 0 unspecified atom stereocenters. The molecule has 0 aliphatic heterocycles. The molecule has 0 aliphatic carbocycles. The van der Waals surface area contributed by atoms with Crippen molar-refractivity contribution in [3.8, 4) is 5.75 Å². The lowest BCUT2D eigenvalue weighted by Gasteiger charge is -2.24. The van der Waals surface area contributed by atoms with Gasteiger partial charge in [-0.2, -0.15) is 0 Å². The second-order valence-electron chi connectivity index (χ2n) is 4.04. The molecule has 0 aliphatic rings. The first kappa shape index (κ1) is 16.6. The Labute approximate surface area is 120 Å². The van der Waals surface area contributed by atoms with Crippen LogP contribution in [-0.2, 0) is 18.1 Å². The number of carbonyl (C=O) groups excluding carboxylic acids is 1. The van der Waals surface area contributed by atoms with Gasteiger partial charge >= 0.3 is 8.80 Å². The molecule has 1 N–H and O–H groups in total. The van der Waals surface area contributed by atoms with E-state index in [2.05, 4.69) is 5.32 Å². The molecule has 0 saturated heterocycles. The second kappa shape index (κ2) is 8.70. The quantitative estimate of drug-likeness (QED) is 0.406. The van der Waals surface area contributed by atoms with Crippen molar-refractivity contribution in [3.63, 3.8) is 0 Å². The van der Waals surface area contributed by atoms with Crippen LogP contribution in [0.4, 0.5) is 5.69 Å². The molecular weight excluding hydrogens is 278 g/mol. The average Bonchev–Trinajstić information content (AvgIpc) is 2.49. The third-order valence-corrected chi connectivity index (χ3v) is 5.72. The molecule has 7 heteroatoms. The van der Waals surface area contributed by atoms with Crippen LogP contribution in [0.15, 0.2) is 24.3 Å². The minimum absolute atomic E-state index is 0.523. The Hall–Kier alpha value is -1.41. The monoisotopic (exact) mass is 299 g/mol. The zero-order valence-corrected chi connectivity index (χ0v) is 13.0. The fraction of sp³-hybridized carbons (Fsp3) is 0.462. The first-order chi connectivity index (χ1) is 9.69. The maximum Gasteiger partial charge on any atom is 0.500 e. The molecular formula is C13H21NO5Si. The highest BCUT2D eigenvalue weighted by Gasteiger charge is 2.36. The summed E-state index contributed by atoms with van der Waals surface area (Å²) in [5.41, 5.74) is 0.701. The highest BCUT2D eigenvalue weighted by molar-refractivity contribution is 6.60. The van der Waals surface area contributed by atoms with E-state index in [-0.39, 0.29) is 0 Å². The van der Waals surface area contributed by atoms with E-state index >= 15 is 0 Å². The number of rotatable bonds is 10. The molecule has 0 saturated carbocycles. The normalized spacial score (nSPS) is 11.2. The van der Waals surface area contributed by atoms with Crippen LogP contribution < -0.4 is 10.1 Å². The number of nitrogens with one attached hydrogen (secondary N) is 1. The number of ether oxygens (including phenoxy) is 1. The highest BCUT2D eigenvalue weighted by atomic mass is 28.4. The number of benzene rings is 1. The summed E-state index contributed by atoms with van der Waals surface area (Å²) in [6.07, 6.45) is 1.39. The molecule has 0 spiro atoms. The summed E-state index contributed by atoms with van der Waals surface area (Å²) in [5, 5.41) is 2.58. The fourth-order valence-corrected chi connectivity index (χ4v) is 3.47. The first-order valence-electron chi connectivity index (χ1n) is 6.28. The Morgan fingerprint density at radius 1 is 1.20 bits per heavy atom. The Balaban J connectivity index is 2.40. The van der Waals surface area contributed by atoms with E-state index in [1.807, 2.05) is 12.1 Å². The van der Waals surface area contributed by atoms with Crippen molar-refractivity contribution >= 4 is 20.9 Å². The molecule has 1 aromatic carbocycles. The summed E-state index contributed by atoms with van der Waals surface area (Å²) in [4.78, 5) is 10.4. The van der Waals surface area contributed by atoms with Gasteiger partial charge in [0.15, 0.2) is 0 Å². The lowest BCUT2D eigenvalue weighted by atomic mass is 10.3. The topological polar surface area (TPSA) is 66.0 Å². The highest BCUT2D eigenvalue weighted by Crippen LogP contribution is 2.19. The van der Waals surface area contributed by atoms with Gasteiger partial charge in [-0.3, -0.25) is 4.79 Å². The van der Waals surface area contributed by atoms with Crippen molar-refractivity contribution in [1.82, 2.24) is 0 Å². The van der Waals surface area contributed by atoms with Crippen molar-refractivity contribution in [3.05, 3.63) is 24.3 Å². The maximum absolute atomic E-state index is 10.4. The van der Waals surface area contributed by atoms with E-state index in [1.165, 1.54) is 0 Å². The van der Waals surface area contributed by atoms with Crippen molar-refractivity contribution in [1.29, 1.82) is 0 Å². The minimum Gasteiger partial charge on any atom is -0.494 e. The largest absolute Gasteiger partial charge is 0.500 e. The molecule has 112 valence electrons. The number of hydrogen-bond donors (Lipinski definition) is 1. The number of anilines is 1. The van der Waals surface area contributed by atoms with E-state index in [4.69, 9.17) is 18.0 Å². The van der Waals surface area contributed by atoms with Gasteiger partial charge in [0.25, 0.3) is 0 Å². The van der Waals surface area contributed by atoms with Crippen molar-refractivity contribution in [2.24, 2.45) is 0 Å². The third kappa shape index (κ3) is 4.93. The summed E-state index contributed by atoms with van der Waals surface area (Å²) in [6, 6.07) is 7.90. The predicted molar refractivity (Wildman–Crippen MR) is 77.8 cm³/mol. The Bertz CT molecular complexity index is 403. The number of hydrogen-bond acceptors (Lipinski definition) is 5. The zero-order chi connectivity index (χ0) is 14.8. The minimum atomic E-state index is -2.52. The van der Waals surface area contributed by atoms with Gasteiger partial charge in [-0.25, -0.2) is 0 Å². The Morgan fingerprint density at radius 3 is 2.50 bits per heavy atom. The van der Waals surface area contributed by atoms with Gasteiger partial charge in [-0.1, -0.05) is 6.07 Å². The first-order valence-corrected chi connectivity index (χ1v) is 8.21. The van der Waals surface area contributed by atoms with E-state index < -0.39 is 8.80 Å². The Kier molecular flexibility index (Phi) is 7.24. The van der Waals surface area contributed by atoms with Crippen molar-refractivity contribution in [2.75, 3.05) is 33.3 Å². The lowest BCUT2D eigenvalue weighted by Crippen LogP contribution is -2.42. The van der Waals surface area contributed by atoms with Gasteiger partial charge in [0, 0.05) is 39.1 Å². The smallest absolute Gasteiger partial charge is 0.494 e. The van der Waals surface area contributed by atoms with Crippen LogP contribution in [0.5, 0.6) is 5.75 Å². The van der Waals surface area contributed by atoms with Crippen LogP contribution in [0.25, 0.3) is 0 Å².